The van der Waals surface area contributed by atoms with Gasteiger partial charge in [-0.3, -0.25) is 4.57 Å². The van der Waals surface area contributed by atoms with E-state index in [0.29, 0.717) is 23.4 Å². The summed E-state index contributed by atoms with van der Waals surface area (Å²) in [6, 6.07) is 1.26. The van der Waals surface area contributed by atoms with Crippen molar-refractivity contribution in [2.45, 2.75) is 70.2 Å². The zero-order valence-corrected chi connectivity index (χ0v) is 18.5. The van der Waals surface area contributed by atoms with Gasteiger partial charge in [0.15, 0.2) is 17.0 Å². The van der Waals surface area contributed by atoms with Gasteiger partial charge in [-0.2, -0.15) is 9.97 Å². The predicted molar refractivity (Wildman–Crippen MR) is 112 cm³/mol. The van der Waals surface area contributed by atoms with E-state index < -0.39 is 26.5 Å². The number of anilines is 1. The van der Waals surface area contributed by atoms with Crippen LogP contribution in [0.25, 0.3) is 11.2 Å². The molecule has 3 atom stereocenters. The minimum atomic E-state index is -1.40. The third-order valence-corrected chi connectivity index (χ3v) is 8.29. The molecule has 1 aliphatic rings. The van der Waals surface area contributed by atoms with Crippen LogP contribution in [-0.2, 0) is 4.74 Å². The lowest BCUT2D eigenvalue weighted by molar-refractivity contribution is -0.0432. The van der Waals surface area contributed by atoms with Crippen molar-refractivity contribution in [2.24, 2.45) is 0 Å². The molecular formula is C18H30ClN5O3Si. The maximum absolute atomic E-state index is 10.0. The van der Waals surface area contributed by atoms with Gasteiger partial charge < -0.3 is 20.3 Å². The quantitative estimate of drug-likeness (QED) is 0.321. The molecular weight excluding hydrogens is 398 g/mol. The minimum absolute atomic E-state index is 0.138. The zero-order valence-electron chi connectivity index (χ0n) is 16.7. The fourth-order valence-electron chi connectivity index (χ4n) is 3.54. The van der Waals surface area contributed by atoms with Crippen molar-refractivity contribution >= 4 is 36.7 Å². The Labute approximate surface area is 171 Å². The normalized spacial score (nSPS) is 22.9. The molecule has 1 saturated heterocycles. The highest BCUT2D eigenvalue weighted by Gasteiger charge is 2.35. The molecule has 0 bridgehead atoms. The first-order valence-corrected chi connectivity index (χ1v) is 13.7. The molecule has 0 radical (unpaired) electrons. The van der Waals surface area contributed by atoms with Crippen LogP contribution < -0.4 is 5.32 Å². The highest BCUT2D eigenvalue weighted by Crippen LogP contribution is 2.32. The van der Waals surface area contributed by atoms with Crippen LogP contribution in [-0.4, -0.2) is 62.8 Å². The number of fused-ring (bicyclic) bond motifs is 1. The van der Waals surface area contributed by atoms with Crippen molar-refractivity contribution in [3.05, 3.63) is 11.6 Å². The summed E-state index contributed by atoms with van der Waals surface area (Å²) in [6.45, 7) is 6.73. The molecule has 0 spiro atoms. The lowest BCUT2D eigenvalue weighted by Crippen LogP contribution is -2.35. The van der Waals surface area contributed by atoms with E-state index in [9.17, 15) is 10.2 Å². The van der Waals surface area contributed by atoms with Crippen molar-refractivity contribution in [3.63, 3.8) is 0 Å². The van der Waals surface area contributed by atoms with Crippen molar-refractivity contribution in [3.8, 4) is 0 Å². The fraction of sp³-hybridized carbons (Fsp3) is 0.722. The van der Waals surface area contributed by atoms with Crippen LogP contribution >= 0.6 is 11.6 Å². The Morgan fingerprint density at radius 2 is 2.14 bits per heavy atom. The molecule has 0 amide bonds. The van der Waals surface area contributed by atoms with Gasteiger partial charge in [0, 0.05) is 12.6 Å². The van der Waals surface area contributed by atoms with Crippen LogP contribution in [0.15, 0.2) is 6.33 Å². The molecule has 10 heteroatoms. The molecule has 0 aliphatic carbocycles. The third kappa shape index (κ3) is 4.83. The molecule has 3 heterocycles. The van der Waals surface area contributed by atoms with Crippen LogP contribution in [0.2, 0.25) is 24.4 Å². The fourth-order valence-corrected chi connectivity index (χ4v) is 5.73. The Balaban J connectivity index is 1.78. The summed E-state index contributed by atoms with van der Waals surface area (Å²) in [5.41, 5.74) is 1.19. The van der Waals surface area contributed by atoms with Crippen LogP contribution in [0.3, 0.4) is 0 Å². The standard InChI is InChI=1S/C18H30ClN5O3Si/c1-4-5-6-7-28(2,3)11-21-16-15-17(23-18(19)22-16)24(10-20-15)14-8-12(26)13(9-25)27-14/h10,12-14,25-26H,4-9,11H2,1-3H3,(H,21,22,23)/t12-,13+,14+/m0/s1. The summed E-state index contributed by atoms with van der Waals surface area (Å²) in [4.78, 5) is 13.1. The van der Waals surface area contributed by atoms with Gasteiger partial charge in [0.05, 0.1) is 27.1 Å². The van der Waals surface area contributed by atoms with E-state index in [1.807, 2.05) is 0 Å². The van der Waals surface area contributed by atoms with Crippen LogP contribution in [0.5, 0.6) is 0 Å². The summed E-state index contributed by atoms with van der Waals surface area (Å²) in [5.74, 6) is 0.627. The van der Waals surface area contributed by atoms with E-state index in [2.05, 4.69) is 40.3 Å². The number of halogens is 1. The maximum atomic E-state index is 10.0. The summed E-state index contributed by atoms with van der Waals surface area (Å²) in [7, 11) is -1.40. The minimum Gasteiger partial charge on any atom is -0.394 e. The number of hydrogen-bond acceptors (Lipinski definition) is 7. The first-order valence-electron chi connectivity index (χ1n) is 9.93. The molecule has 3 rings (SSSR count). The smallest absolute Gasteiger partial charge is 0.226 e. The molecule has 1 fully saturated rings. The first-order chi connectivity index (χ1) is 13.3. The Bertz CT molecular complexity index is 803. The van der Waals surface area contributed by atoms with Gasteiger partial charge in [-0.05, 0) is 11.6 Å². The van der Waals surface area contributed by atoms with Crippen LogP contribution in [0, 0.1) is 0 Å². The van der Waals surface area contributed by atoms with Crippen LogP contribution in [0.1, 0.15) is 38.8 Å². The van der Waals surface area contributed by atoms with E-state index >= 15 is 0 Å². The van der Waals surface area contributed by atoms with E-state index in [1.54, 1.807) is 10.9 Å². The molecule has 3 N–H and O–H groups in total. The number of rotatable bonds is 9. The average molecular weight is 428 g/mol. The van der Waals surface area contributed by atoms with Crippen molar-refractivity contribution in [1.82, 2.24) is 19.5 Å². The SMILES string of the molecule is CCCCC[Si](C)(C)CNc1nc(Cl)nc2c1ncn2[C@H]1C[C@H](O)[C@@H](CO)O1. The molecule has 0 unspecified atom stereocenters. The molecule has 1 aliphatic heterocycles. The topological polar surface area (TPSA) is 105 Å². The van der Waals surface area contributed by atoms with Gasteiger partial charge >= 0.3 is 0 Å². The Kier molecular flexibility index (Phi) is 6.92. The Morgan fingerprint density at radius 1 is 1.36 bits per heavy atom. The monoisotopic (exact) mass is 427 g/mol. The molecule has 0 aromatic carbocycles. The predicted octanol–water partition coefficient (Wildman–Crippen LogP) is 2.97. The van der Waals surface area contributed by atoms with Gasteiger partial charge in [0.2, 0.25) is 5.28 Å². The van der Waals surface area contributed by atoms with Gasteiger partial charge in [-0.15, -0.1) is 0 Å². The summed E-state index contributed by atoms with van der Waals surface area (Å²) >= 11 is 6.17. The second kappa shape index (κ2) is 9.04. The number of nitrogens with one attached hydrogen (secondary N) is 1. The summed E-state index contributed by atoms with van der Waals surface area (Å²) in [5, 5.41) is 22.9. The highest BCUT2D eigenvalue weighted by molar-refractivity contribution is 6.78. The lowest BCUT2D eigenvalue weighted by Gasteiger charge is -2.23. The van der Waals surface area contributed by atoms with Crippen LogP contribution in [0.4, 0.5) is 5.82 Å². The number of hydrogen-bond donors (Lipinski definition) is 3. The third-order valence-electron chi connectivity index (χ3n) is 5.28. The average Bonchev–Trinajstić information content (AvgIpc) is 3.22. The van der Waals surface area contributed by atoms with Gasteiger partial charge in [-0.1, -0.05) is 45.3 Å². The number of aliphatic hydroxyl groups is 2. The highest BCUT2D eigenvalue weighted by atomic mass is 35.5. The molecule has 0 saturated carbocycles. The van der Waals surface area contributed by atoms with Crippen molar-refractivity contribution in [1.29, 1.82) is 0 Å². The Morgan fingerprint density at radius 3 is 2.82 bits per heavy atom. The molecule has 8 nitrogen and oxygen atoms in total. The number of aliphatic hydroxyl groups excluding tert-OH is 2. The van der Waals surface area contributed by atoms with Crippen molar-refractivity contribution in [2.75, 3.05) is 18.1 Å². The van der Waals surface area contributed by atoms with Gasteiger partial charge in [-0.25, -0.2) is 4.98 Å². The van der Waals surface area contributed by atoms with Gasteiger partial charge in [0.25, 0.3) is 0 Å². The number of unbranched alkanes of at least 4 members (excludes halogenated alkanes) is 2. The maximum Gasteiger partial charge on any atom is 0.226 e. The number of ether oxygens (including phenoxy) is 1. The largest absolute Gasteiger partial charge is 0.394 e. The molecule has 2 aromatic heterocycles. The molecule has 28 heavy (non-hydrogen) atoms. The summed E-state index contributed by atoms with van der Waals surface area (Å²) < 4.78 is 7.48. The zero-order chi connectivity index (χ0) is 20.3. The van der Waals surface area contributed by atoms with Crippen molar-refractivity contribution < 1.29 is 14.9 Å². The second-order valence-electron chi connectivity index (χ2n) is 8.25. The molecule has 156 valence electrons. The van der Waals surface area contributed by atoms with E-state index in [1.165, 1.54) is 25.3 Å². The number of aromatic nitrogens is 4. The lowest BCUT2D eigenvalue weighted by atomic mass is 10.2. The van der Waals surface area contributed by atoms with Gasteiger partial charge in [0.1, 0.15) is 12.3 Å². The Hall–Kier alpha value is -1.26. The van der Waals surface area contributed by atoms with E-state index in [-0.39, 0.29) is 11.9 Å². The first kappa shape index (κ1) is 21.4. The summed E-state index contributed by atoms with van der Waals surface area (Å²) in [6.07, 6.45) is 4.86. The second-order valence-corrected chi connectivity index (χ2v) is 13.8. The number of nitrogens with zero attached hydrogens (tertiary/aromatic N) is 4. The molecule has 2 aromatic rings. The number of imidazole rings is 1. The van der Waals surface area contributed by atoms with E-state index in [0.717, 1.165) is 6.17 Å². The van der Waals surface area contributed by atoms with E-state index in [4.69, 9.17) is 16.3 Å².